The zero-order chi connectivity index (χ0) is 9.10. The van der Waals surface area contributed by atoms with Crippen molar-refractivity contribution in [3.05, 3.63) is 11.9 Å². The summed E-state index contributed by atoms with van der Waals surface area (Å²) in [5.74, 6) is 1.39. The number of halogens is 1. The number of alkyl halides is 1. The molecule has 0 radical (unpaired) electrons. The molecule has 0 amide bonds. The molecule has 13 heavy (non-hydrogen) atoms. The molecule has 5 heteroatoms. The largest absolute Gasteiger partial charge is 0.378 e. The molecule has 0 unspecified atom stereocenters. The minimum absolute atomic E-state index is 0.483. The first kappa shape index (κ1) is 8.84. The van der Waals surface area contributed by atoms with E-state index >= 15 is 0 Å². The van der Waals surface area contributed by atoms with Gasteiger partial charge in [0.25, 0.3) is 0 Å². The Hall–Kier alpha value is -0.740. The number of nitrogens with one attached hydrogen (secondary N) is 1. The molecule has 1 N–H and O–H groups in total. The van der Waals surface area contributed by atoms with Gasteiger partial charge in [-0.05, 0) is 0 Å². The summed E-state index contributed by atoms with van der Waals surface area (Å²) in [5.41, 5.74) is 0.961. The average Bonchev–Trinajstić information content (AvgIpc) is 2.67. The molecule has 0 atom stereocenters. The second-order valence-electron chi connectivity index (χ2n) is 2.97. The third-order valence-electron chi connectivity index (χ3n) is 2.07. The predicted octanol–water partition coefficient (Wildman–Crippen LogP) is 0.985. The number of hydrogen-bond donors (Lipinski definition) is 1. The molecule has 1 aliphatic rings. The van der Waals surface area contributed by atoms with Crippen LogP contribution in [0.25, 0.3) is 0 Å². The van der Waals surface area contributed by atoms with Crippen LogP contribution in [-0.4, -0.2) is 36.3 Å². The van der Waals surface area contributed by atoms with E-state index in [1.807, 2.05) is 0 Å². The van der Waals surface area contributed by atoms with Gasteiger partial charge in [0, 0.05) is 13.1 Å². The maximum Gasteiger partial charge on any atom is 0.203 e. The number of anilines is 1. The monoisotopic (exact) mass is 201 g/mol. The molecular weight excluding hydrogens is 190 g/mol. The Morgan fingerprint density at radius 3 is 2.92 bits per heavy atom. The van der Waals surface area contributed by atoms with Crippen molar-refractivity contribution in [3.63, 3.8) is 0 Å². The molecule has 0 bridgehead atoms. The van der Waals surface area contributed by atoms with Crippen molar-refractivity contribution in [3.8, 4) is 0 Å². The SMILES string of the molecule is ClCc1cnc(N2CCOCC2)[nH]1. The minimum atomic E-state index is 0.483. The molecule has 0 saturated carbocycles. The third kappa shape index (κ3) is 1.95. The van der Waals surface area contributed by atoms with Gasteiger partial charge in [-0.25, -0.2) is 4.98 Å². The molecule has 1 aromatic heterocycles. The van der Waals surface area contributed by atoms with E-state index < -0.39 is 0 Å². The van der Waals surface area contributed by atoms with Gasteiger partial charge < -0.3 is 14.6 Å². The summed E-state index contributed by atoms with van der Waals surface area (Å²) < 4.78 is 5.24. The third-order valence-corrected chi connectivity index (χ3v) is 2.36. The van der Waals surface area contributed by atoms with E-state index in [-0.39, 0.29) is 0 Å². The highest BCUT2D eigenvalue weighted by Gasteiger charge is 2.13. The standard InChI is InChI=1S/C8H12ClN3O/c9-5-7-6-10-8(11-7)12-1-3-13-4-2-12/h6H,1-5H2,(H,10,11). The molecule has 2 rings (SSSR count). The Balaban J connectivity index is 2.05. The fourth-order valence-corrected chi connectivity index (χ4v) is 1.49. The predicted molar refractivity (Wildman–Crippen MR) is 51.2 cm³/mol. The van der Waals surface area contributed by atoms with Crippen LogP contribution in [0, 0.1) is 0 Å². The van der Waals surface area contributed by atoms with E-state index in [0.717, 1.165) is 37.9 Å². The maximum absolute atomic E-state index is 5.66. The zero-order valence-corrected chi connectivity index (χ0v) is 8.05. The zero-order valence-electron chi connectivity index (χ0n) is 7.29. The molecule has 0 aliphatic carbocycles. The lowest BCUT2D eigenvalue weighted by atomic mass is 10.4. The van der Waals surface area contributed by atoms with E-state index in [9.17, 15) is 0 Å². The number of nitrogens with zero attached hydrogens (tertiary/aromatic N) is 2. The van der Waals surface area contributed by atoms with Gasteiger partial charge in [0.15, 0.2) is 0 Å². The highest BCUT2D eigenvalue weighted by molar-refractivity contribution is 6.16. The number of imidazole rings is 1. The molecule has 1 saturated heterocycles. The van der Waals surface area contributed by atoms with Crippen LogP contribution in [0.2, 0.25) is 0 Å². The number of rotatable bonds is 2. The Morgan fingerprint density at radius 1 is 1.54 bits per heavy atom. The van der Waals surface area contributed by atoms with Crippen LogP contribution in [0.3, 0.4) is 0 Å². The van der Waals surface area contributed by atoms with Crippen LogP contribution >= 0.6 is 11.6 Å². The molecule has 1 aromatic rings. The van der Waals surface area contributed by atoms with E-state index in [0.29, 0.717) is 5.88 Å². The number of aromatic amines is 1. The van der Waals surface area contributed by atoms with Gasteiger partial charge in [-0.1, -0.05) is 0 Å². The average molecular weight is 202 g/mol. The van der Waals surface area contributed by atoms with E-state index in [2.05, 4.69) is 14.9 Å². The molecule has 4 nitrogen and oxygen atoms in total. The smallest absolute Gasteiger partial charge is 0.203 e. The number of morpholine rings is 1. The Bertz CT molecular complexity index is 270. The highest BCUT2D eigenvalue weighted by Crippen LogP contribution is 2.11. The summed E-state index contributed by atoms with van der Waals surface area (Å²) >= 11 is 5.66. The van der Waals surface area contributed by atoms with Crippen molar-refractivity contribution in [2.75, 3.05) is 31.2 Å². The van der Waals surface area contributed by atoms with Gasteiger partial charge in [-0.15, -0.1) is 11.6 Å². The Morgan fingerprint density at radius 2 is 2.31 bits per heavy atom. The Labute approximate surface area is 81.9 Å². The van der Waals surface area contributed by atoms with Gasteiger partial charge in [-0.3, -0.25) is 0 Å². The number of ether oxygens (including phenoxy) is 1. The van der Waals surface area contributed by atoms with E-state index in [1.54, 1.807) is 6.20 Å². The van der Waals surface area contributed by atoms with Crippen molar-refractivity contribution < 1.29 is 4.74 Å². The topological polar surface area (TPSA) is 41.2 Å². The fraction of sp³-hybridized carbons (Fsp3) is 0.625. The van der Waals surface area contributed by atoms with Crippen LogP contribution < -0.4 is 4.90 Å². The van der Waals surface area contributed by atoms with Gasteiger partial charge in [0.1, 0.15) is 0 Å². The van der Waals surface area contributed by atoms with Crippen molar-refractivity contribution >= 4 is 17.5 Å². The highest BCUT2D eigenvalue weighted by atomic mass is 35.5. The van der Waals surface area contributed by atoms with Crippen molar-refractivity contribution in [2.24, 2.45) is 0 Å². The normalized spacial score (nSPS) is 17.8. The quantitative estimate of drug-likeness (QED) is 0.726. The lowest BCUT2D eigenvalue weighted by Crippen LogP contribution is -2.36. The first-order chi connectivity index (χ1) is 6.40. The van der Waals surface area contributed by atoms with Gasteiger partial charge >= 0.3 is 0 Å². The summed E-state index contributed by atoms with van der Waals surface area (Å²) in [4.78, 5) is 9.57. The number of H-pyrrole nitrogens is 1. The summed E-state index contributed by atoms with van der Waals surface area (Å²) in [6.07, 6.45) is 1.78. The molecule has 72 valence electrons. The minimum Gasteiger partial charge on any atom is -0.378 e. The lowest BCUT2D eigenvalue weighted by Gasteiger charge is -2.26. The van der Waals surface area contributed by atoms with Crippen LogP contribution in [-0.2, 0) is 10.6 Å². The van der Waals surface area contributed by atoms with Crippen molar-refractivity contribution in [1.29, 1.82) is 0 Å². The second kappa shape index (κ2) is 3.98. The summed E-state index contributed by atoms with van der Waals surface area (Å²) in [7, 11) is 0. The molecule has 0 aromatic carbocycles. The van der Waals surface area contributed by atoms with E-state index in [1.165, 1.54) is 0 Å². The van der Waals surface area contributed by atoms with Gasteiger partial charge in [0.2, 0.25) is 5.95 Å². The van der Waals surface area contributed by atoms with Gasteiger partial charge in [0.05, 0.1) is 31.0 Å². The Kier molecular flexibility index (Phi) is 2.71. The number of hydrogen-bond acceptors (Lipinski definition) is 3. The lowest BCUT2D eigenvalue weighted by molar-refractivity contribution is 0.122. The first-order valence-electron chi connectivity index (χ1n) is 4.32. The first-order valence-corrected chi connectivity index (χ1v) is 4.86. The second-order valence-corrected chi connectivity index (χ2v) is 3.23. The molecule has 2 heterocycles. The van der Waals surface area contributed by atoms with Crippen LogP contribution in [0.5, 0.6) is 0 Å². The maximum atomic E-state index is 5.66. The molecule has 1 aliphatic heterocycles. The summed E-state index contributed by atoms with van der Waals surface area (Å²) in [5, 5.41) is 0. The van der Waals surface area contributed by atoms with Gasteiger partial charge in [-0.2, -0.15) is 0 Å². The van der Waals surface area contributed by atoms with Crippen molar-refractivity contribution in [1.82, 2.24) is 9.97 Å². The fourth-order valence-electron chi connectivity index (χ4n) is 1.35. The molecule has 1 fully saturated rings. The molecule has 0 spiro atoms. The van der Waals surface area contributed by atoms with Crippen LogP contribution in [0.4, 0.5) is 5.95 Å². The van der Waals surface area contributed by atoms with Crippen LogP contribution in [0.15, 0.2) is 6.20 Å². The number of aromatic nitrogens is 2. The molecular formula is C8H12ClN3O. The van der Waals surface area contributed by atoms with E-state index in [4.69, 9.17) is 16.3 Å². The van der Waals surface area contributed by atoms with Crippen molar-refractivity contribution in [2.45, 2.75) is 5.88 Å². The summed E-state index contributed by atoms with van der Waals surface area (Å²) in [6.45, 7) is 3.35. The summed E-state index contributed by atoms with van der Waals surface area (Å²) in [6, 6.07) is 0. The van der Waals surface area contributed by atoms with Crippen LogP contribution in [0.1, 0.15) is 5.69 Å².